The van der Waals surface area contributed by atoms with E-state index >= 15 is 0 Å². The van der Waals surface area contributed by atoms with Gasteiger partial charge in [0.1, 0.15) is 5.82 Å². The van der Waals surface area contributed by atoms with Crippen molar-refractivity contribution in [2.24, 2.45) is 5.92 Å². The second kappa shape index (κ2) is 7.73. The van der Waals surface area contributed by atoms with Crippen LogP contribution in [0.3, 0.4) is 0 Å². The summed E-state index contributed by atoms with van der Waals surface area (Å²) in [5, 5.41) is 9.15. The van der Waals surface area contributed by atoms with Crippen molar-refractivity contribution in [2.45, 2.75) is 12.8 Å². The molecule has 9 nitrogen and oxygen atoms in total. The summed E-state index contributed by atoms with van der Waals surface area (Å²) < 4.78 is 0. The highest BCUT2D eigenvalue weighted by molar-refractivity contribution is 5.70. The summed E-state index contributed by atoms with van der Waals surface area (Å²) >= 11 is 0. The summed E-state index contributed by atoms with van der Waals surface area (Å²) in [4.78, 5) is 35.4. The zero-order chi connectivity index (χ0) is 18.6. The second-order valence-corrected chi connectivity index (χ2v) is 6.84. The molecule has 2 fully saturated rings. The van der Waals surface area contributed by atoms with Gasteiger partial charge in [0.15, 0.2) is 0 Å². The fraction of sp³-hybridized carbons (Fsp3) is 0.500. The van der Waals surface area contributed by atoms with Crippen LogP contribution in [0.2, 0.25) is 0 Å². The van der Waals surface area contributed by atoms with Gasteiger partial charge in [0.25, 0.3) is 0 Å². The highest BCUT2D eigenvalue weighted by Gasteiger charge is 2.26. The average molecular weight is 369 g/mol. The summed E-state index contributed by atoms with van der Waals surface area (Å²) in [6.45, 7) is 4.69. The van der Waals surface area contributed by atoms with Crippen molar-refractivity contribution < 1.29 is 9.90 Å². The van der Waals surface area contributed by atoms with Crippen LogP contribution in [0.1, 0.15) is 12.8 Å². The van der Waals surface area contributed by atoms with Gasteiger partial charge < -0.3 is 19.8 Å². The van der Waals surface area contributed by atoms with E-state index in [1.165, 1.54) is 0 Å². The van der Waals surface area contributed by atoms with Crippen LogP contribution in [0.4, 0.5) is 17.7 Å². The molecule has 2 saturated heterocycles. The first kappa shape index (κ1) is 17.4. The lowest BCUT2D eigenvalue weighted by molar-refractivity contribution is -0.142. The molecule has 2 aromatic heterocycles. The third kappa shape index (κ3) is 3.91. The number of anilines is 3. The second-order valence-electron chi connectivity index (χ2n) is 6.84. The predicted octanol–water partition coefficient (Wildman–Crippen LogP) is 0.894. The van der Waals surface area contributed by atoms with Gasteiger partial charge in [0.05, 0.1) is 5.92 Å². The number of nitrogens with zero attached hydrogens (tertiary/aromatic N) is 7. The van der Waals surface area contributed by atoms with E-state index in [1.54, 1.807) is 18.6 Å². The number of rotatable bonds is 4. The molecule has 0 aromatic carbocycles. The largest absolute Gasteiger partial charge is 0.481 e. The first-order valence-electron chi connectivity index (χ1n) is 9.28. The molecule has 142 valence electrons. The van der Waals surface area contributed by atoms with E-state index in [9.17, 15) is 4.79 Å². The molecule has 4 rings (SSSR count). The molecule has 4 heterocycles. The Morgan fingerprint density at radius 1 is 0.852 bits per heavy atom. The molecule has 0 radical (unpaired) electrons. The van der Waals surface area contributed by atoms with Crippen LogP contribution in [0.5, 0.6) is 0 Å². The maximum Gasteiger partial charge on any atom is 0.306 e. The van der Waals surface area contributed by atoms with Gasteiger partial charge in [0.2, 0.25) is 11.9 Å². The van der Waals surface area contributed by atoms with Gasteiger partial charge in [-0.05, 0) is 25.0 Å². The van der Waals surface area contributed by atoms with Crippen LogP contribution < -0.4 is 14.7 Å². The van der Waals surface area contributed by atoms with Gasteiger partial charge in [-0.25, -0.2) is 15.0 Å². The molecule has 2 aliphatic rings. The smallest absolute Gasteiger partial charge is 0.306 e. The number of carbonyl (C=O) groups is 1. The predicted molar refractivity (Wildman–Crippen MR) is 101 cm³/mol. The first-order valence-corrected chi connectivity index (χ1v) is 9.28. The molecule has 0 spiro atoms. The van der Waals surface area contributed by atoms with Crippen molar-refractivity contribution >= 4 is 23.7 Å². The summed E-state index contributed by atoms with van der Waals surface area (Å²) in [6, 6.07) is 3.72. The summed E-state index contributed by atoms with van der Waals surface area (Å²) in [5.74, 6) is 1.42. The standard InChI is InChI=1S/C18H23N7O2/c26-16(27)14-3-8-23(9-4-14)15-2-7-21-18(22-15)25-12-10-24(11-13-25)17-19-5-1-6-20-17/h1-2,5-7,14H,3-4,8-13H2,(H,26,27). The third-order valence-electron chi connectivity index (χ3n) is 5.19. The van der Waals surface area contributed by atoms with Crippen LogP contribution in [0.15, 0.2) is 30.7 Å². The summed E-state index contributed by atoms with van der Waals surface area (Å²) in [5.41, 5.74) is 0. The van der Waals surface area contributed by atoms with Crippen molar-refractivity contribution in [1.29, 1.82) is 0 Å². The highest BCUT2D eigenvalue weighted by atomic mass is 16.4. The van der Waals surface area contributed by atoms with E-state index in [0.717, 1.165) is 43.9 Å². The Kier molecular flexibility index (Phi) is 4.99. The quantitative estimate of drug-likeness (QED) is 0.842. The van der Waals surface area contributed by atoms with Crippen LogP contribution in [0.25, 0.3) is 0 Å². The Bertz CT molecular complexity index is 772. The number of carboxylic acid groups (broad SMARTS) is 1. The van der Waals surface area contributed by atoms with Gasteiger partial charge in [-0.3, -0.25) is 4.79 Å². The molecule has 0 saturated carbocycles. The van der Waals surface area contributed by atoms with Gasteiger partial charge in [-0.1, -0.05) is 0 Å². The Labute approximate surface area is 157 Å². The zero-order valence-electron chi connectivity index (χ0n) is 15.1. The van der Waals surface area contributed by atoms with Gasteiger partial charge in [-0.15, -0.1) is 0 Å². The highest BCUT2D eigenvalue weighted by Crippen LogP contribution is 2.23. The van der Waals surface area contributed by atoms with Crippen molar-refractivity contribution in [2.75, 3.05) is 54.0 Å². The minimum absolute atomic E-state index is 0.240. The van der Waals surface area contributed by atoms with Crippen molar-refractivity contribution in [3.05, 3.63) is 30.7 Å². The van der Waals surface area contributed by atoms with Gasteiger partial charge in [-0.2, -0.15) is 4.98 Å². The molecular weight excluding hydrogens is 346 g/mol. The molecule has 0 amide bonds. The topological polar surface area (TPSA) is 98.6 Å². The molecule has 27 heavy (non-hydrogen) atoms. The molecule has 0 bridgehead atoms. The lowest BCUT2D eigenvalue weighted by Gasteiger charge is -2.35. The molecule has 0 unspecified atom stereocenters. The Morgan fingerprint density at radius 3 is 2.07 bits per heavy atom. The lowest BCUT2D eigenvalue weighted by Crippen LogP contribution is -2.47. The van der Waals surface area contributed by atoms with Crippen molar-refractivity contribution in [3.63, 3.8) is 0 Å². The van der Waals surface area contributed by atoms with Crippen LogP contribution in [-0.4, -0.2) is 70.3 Å². The number of piperidine rings is 1. The molecular formula is C18H23N7O2. The van der Waals surface area contributed by atoms with Crippen molar-refractivity contribution in [1.82, 2.24) is 19.9 Å². The summed E-state index contributed by atoms with van der Waals surface area (Å²) in [7, 11) is 0. The van der Waals surface area contributed by atoms with Gasteiger partial charge >= 0.3 is 5.97 Å². The van der Waals surface area contributed by atoms with E-state index in [0.29, 0.717) is 25.9 Å². The normalized spacial score (nSPS) is 18.6. The van der Waals surface area contributed by atoms with Crippen LogP contribution >= 0.6 is 0 Å². The number of hydrogen-bond acceptors (Lipinski definition) is 8. The number of hydrogen-bond donors (Lipinski definition) is 1. The van der Waals surface area contributed by atoms with Gasteiger partial charge in [0, 0.05) is 57.9 Å². The number of carboxylic acids is 1. The van der Waals surface area contributed by atoms with E-state index < -0.39 is 5.97 Å². The molecule has 1 N–H and O–H groups in total. The fourth-order valence-corrected chi connectivity index (χ4v) is 3.58. The number of aromatic nitrogens is 4. The Hall–Kier alpha value is -2.97. The van der Waals surface area contributed by atoms with E-state index in [-0.39, 0.29) is 5.92 Å². The van der Waals surface area contributed by atoms with E-state index in [4.69, 9.17) is 10.1 Å². The SMILES string of the molecule is O=C(O)C1CCN(c2ccnc(N3CCN(c4ncccn4)CC3)n2)CC1. The monoisotopic (exact) mass is 369 g/mol. The molecule has 2 aromatic rings. The minimum atomic E-state index is -0.696. The van der Waals surface area contributed by atoms with Crippen molar-refractivity contribution in [3.8, 4) is 0 Å². The molecule has 0 atom stereocenters. The third-order valence-corrected chi connectivity index (χ3v) is 5.19. The first-order chi connectivity index (χ1) is 13.2. The molecule has 2 aliphatic heterocycles. The minimum Gasteiger partial charge on any atom is -0.481 e. The van der Waals surface area contributed by atoms with Crippen LogP contribution in [-0.2, 0) is 4.79 Å². The number of aliphatic carboxylic acids is 1. The summed E-state index contributed by atoms with van der Waals surface area (Å²) in [6.07, 6.45) is 6.62. The Balaban J connectivity index is 1.38. The van der Waals surface area contributed by atoms with E-state index in [2.05, 4.69) is 29.7 Å². The maximum absolute atomic E-state index is 11.1. The maximum atomic E-state index is 11.1. The molecule has 9 heteroatoms. The van der Waals surface area contributed by atoms with E-state index in [1.807, 2.05) is 12.1 Å². The number of piperazine rings is 1. The average Bonchev–Trinajstić information content (AvgIpc) is 2.75. The van der Waals surface area contributed by atoms with Crippen LogP contribution in [0, 0.1) is 5.92 Å². The molecule has 0 aliphatic carbocycles. The lowest BCUT2D eigenvalue weighted by atomic mass is 9.97. The Morgan fingerprint density at radius 2 is 1.44 bits per heavy atom. The zero-order valence-corrected chi connectivity index (χ0v) is 15.1. The fourth-order valence-electron chi connectivity index (χ4n) is 3.58.